The Hall–Kier alpha value is -3.61. The molecule has 1 aromatic heterocycles. The highest BCUT2D eigenvalue weighted by Gasteiger charge is 2.42. The Labute approximate surface area is 193 Å². The fourth-order valence-electron chi connectivity index (χ4n) is 4.80. The van der Waals surface area contributed by atoms with Crippen molar-refractivity contribution in [2.45, 2.75) is 46.6 Å². The number of nitrogens with zero attached hydrogens (tertiary/aromatic N) is 3. The van der Waals surface area contributed by atoms with Crippen LogP contribution in [0, 0.1) is 12.3 Å². The molecule has 0 bridgehead atoms. The zero-order valence-electron chi connectivity index (χ0n) is 19.3. The predicted octanol–water partition coefficient (Wildman–Crippen LogP) is 5.02. The van der Waals surface area contributed by atoms with Gasteiger partial charge in [-0.2, -0.15) is 4.98 Å². The van der Waals surface area contributed by atoms with E-state index in [4.69, 9.17) is 14.8 Å². The molecule has 170 valence electrons. The van der Waals surface area contributed by atoms with Crippen LogP contribution < -0.4 is 10.1 Å². The SMILES string of the molecule is CCOc1cc(C2C3=C(CC(C)(C)CC3=O)Nc3nc(-c4cccc(C)c4)nn32)ccc1O. The molecule has 1 atom stereocenters. The van der Waals surface area contributed by atoms with Crippen molar-refractivity contribution < 1.29 is 14.6 Å². The molecular weight excluding hydrogens is 416 g/mol. The summed E-state index contributed by atoms with van der Waals surface area (Å²) in [5.74, 6) is 1.76. The second-order valence-electron chi connectivity index (χ2n) is 9.59. The van der Waals surface area contributed by atoms with Crippen LogP contribution in [0.1, 0.15) is 50.8 Å². The number of ether oxygens (including phenoxy) is 1. The van der Waals surface area contributed by atoms with Crippen LogP contribution >= 0.6 is 0 Å². The average Bonchev–Trinajstić information content (AvgIpc) is 3.17. The molecule has 0 saturated carbocycles. The van der Waals surface area contributed by atoms with E-state index >= 15 is 0 Å². The van der Waals surface area contributed by atoms with Gasteiger partial charge in [-0.15, -0.1) is 5.10 Å². The van der Waals surface area contributed by atoms with Crippen molar-refractivity contribution in [1.82, 2.24) is 14.8 Å². The van der Waals surface area contributed by atoms with Crippen LogP contribution in [0.15, 0.2) is 53.7 Å². The summed E-state index contributed by atoms with van der Waals surface area (Å²) in [6, 6.07) is 12.8. The fourth-order valence-corrected chi connectivity index (χ4v) is 4.80. The number of fused-ring (bicyclic) bond motifs is 1. The molecule has 1 unspecified atom stereocenters. The van der Waals surface area contributed by atoms with Gasteiger partial charge in [0.1, 0.15) is 6.04 Å². The number of phenols is 1. The highest BCUT2D eigenvalue weighted by atomic mass is 16.5. The minimum Gasteiger partial charge on any atom is -0.504 e. The summed E-state index contributed by atoms with van der Waals surface area (Å²) in [5.41, 5.74) is 4.32. The molecule has 0 saturated heterocycles. The average molecular weight is 445 g/mol. The number of Topliss-reactive ketones (excluding diaryl/α,β-unsaturated/α-hetero) is 1. The van der Waals surface area contributed by atoms with Crippen LogP contribution in [0.25, 0.3) is 11.4 Å². The maximum absolute atomic E-state index is 13.4. The number of hydrogen-bond donors (Lipinski definition) is 2. The molecule has 2 aliphatic rings. The largest absolute Gasteiger partial charge is 0.504 e. The zero-order chi connectivity index (χ0) is 23.3. The number of aromatic hydroxyl groups is 1. The van der Waals surface area contributed by atoms with Crippen molar-refractivity contribution in [3.63, 3.8) is 0 Å². The molecule has 1 aliphatic heterocycles. The van der Waals surface area contributed by atoms with Gasteiger partial charge in [0.25, 0.3) is 0 Å². The standard InChI is InChI=1S/C26H28N4O3/c1-5-33-21-12-16(9-10-19(21)31)23-22-18(13-26(3,4)14-20(22)32)27-25-28-24(29-30(23)25)17-8-6-7-15(2)11-17/h6-12,23,31H,5,13-14H2,1-4H3,(H,27,28,29). The monoisotopic (exact) mass is 444 g/mol. The molecule has 2 heterocycles. The lowest BCUT2D eigenvalue weighted by atomic mass is 9.73. The maximum Gasteiger partial charge on any atom is 0.226 e. The summed E-state index contributed by atoms with van der Waals surface area (Å²) < 4.78 is 7.41. The number of carbonyl (C=O) groups excluding carboxylic acids is 1. The van der Waals surface area contributed by atoms with E-state index in [1.165, 1.54) is 0 Å². The van der Waals surface area contributed by atoms with Gasteiger partial charge >= 0.3 is 0 Å². The van der Waals surface area contributed by atoms with Crippen LogP contribution in [0.5, 0.6) is 11.5 Å². The first-order valence-electron chi connectivity index (χ1n) is 11.3. The summed E-state index contributed by atoms with van der Waals surface area (Å²) in [5, 5.41) is 18.5. The van der Waals surface area contributed by atoms with Crippen molar-refractivity contribution >= 4 is 11.7 Å². The van der Waals surface area contributed by atoms with Crippen LogP contribution in [0.4, 0.5) is 5.95 Å². The van der Waals surface area contributed by atoms with E-state index in [0.717, 1.165) is 28.8 Å². The molecule has 1 aliphatic carbocycles. The molecule has 0 spiro atoms. The van der Waals surface area contributed by atoms with Crippen molar-refractivity contribution in [2.75, 3.05) is 11.9 Å². The van der Waals surface area contributed by atoms with Gasteiger partial charge < -0.3 is 15.2 Å². The Morgan fingerprint density at radius 3 is 2.79 bits per heavy atom. The van der Waals surface area contributed by atoms with Gasteiger partial charge in [-0.05, 0) is 49.4 Å². The Morgan fingerprint density at radius 1 is 1.21 bits per heavy atom. The number of rotatable bonds is 4. The second-order valence-corrected chi connectivity index (χ2v) is 9.59. The summed E-state index contributed by atoms with van der Waals surface area (Å²) in [6.45, 7) is 8.55. The highest BCUT2D eigenvalue weighted by Crippen LogP contribution is 2.46. The van der Waals surface area contributed by atoms with E-state index in [1.54, 1.807) is 16.8 Å². The van der Waals surface area contributed by atoms with Crippen molar-refractivity contribution in [3.8, 4) is 22.9 Å². The second kappa shape index (κ2) is 7.76. The molecule has 7 nitrogen and oxygen atoms in total. The van der Waals surface area contributed by atoms with Gasteiger partial charge in [-0.1, -0.05) is 43.7 Å². The van der Waals surface area contributed by atoms with Gasteiger partial charge in [-0.3, -0.25) is 4.79 Å². The lowest BCUT2D eigenvalue weighted by molar-refractivity contribution is -0.118. The number of nitrogens with one attached hydrogen (secondary N) is 1. The van der Waals surface area contributed by atoms with Gasteiger partial charge in [0.2, 0.25) is 5.95 Å². The van der Waals surface area contributed by atoms with Crippen LogP contribution in [0.2, 0.25) is 0 Å². The van der Waals surface area contributed by atoms with Crippen molar-refractivity contribution in [1.29, 1.82) is 0 Å². The van der Waals surface area contributed by atoms with Gasteiger partial charge in [0.05, 0.1) is 6.61 Å². The maximum atomic E-state index is 13.4. The van der Waals surface area contributed by atoms with Gasteiger partial charge in [0, 0.05) is 23.3 Å². The lowest BCUT2D eigenvalue weighted by Crippen LogP contribution is -2.36. The number of anilines is 1. The number of benzene rings is 2. The van der Waals surface area contributed by atoms with E-state index in [9.17, 15) is 9.90 Å². The first-order valence-corrected chi connectivity index (χ1v) is 11.3. The third-order valence-electron chi connectivity index (χ3n) is 6.21. The van der Waals surface area contributed by atoms with Crippen molar-refractivity contribution in [3.05, 3.63) is 64.9 Å². The molecule has 0 radical (unpaired) electrons. The Bertz CT molecular complexity index is 1290. The summed E-state index contributed by atoms with van der Waals surface area (Å²) >= 11 is 0. The molecule has 33 heavy (non-hydrogen) atoms. The quantitative estimate of drug-likeness (QED) is 0.588. The predicted molar refractivity (Wildman–Crippen MR) is 126 cm³/mol. The van der Waals surface area contributed by atoms with Crippen molar-refractivity contribution in [2.24, 2.45) is 5.41 Å². The van der Waals surface area contributed by atoms with E-state index < -0.39 is 6.04 Å². The van der Waals surface area contributed by atoms with Gasteiger partial charge in [0.15, 0.2) is 23.1 Å². The Kier molecular flexibility index (Phi) is 5.00. The normalized spacial score (nSPS) is 19.0. The van der Waals surface area contributed by atoms with E-state index in [1.807, 2.05) is 44.2 Å². The minimum atomic E-state index is -0.453. The molecule has 2 aromatic carbocycles. The van der Waals surface area contributed by atoms with E-state index in [0.29, 0.717) is 36.1 Å². The van der Waals surface area contributed by atoms with Gasteiger partial charge in [-0.25, -0.2) is 4.68 Å². The molecule has 0 fully saturated rings. The molecule has 3 aromatic rings. The van der Waals surface area contributed by atoms with Crippen LogP contribution in [0.3, 0.4) is 0 Å². The Balaban J connectivity index is 1.69. The number of aryl methyl sites for hydroxylation is 1. The summed E-state index contributed by atoms with van der Waals surface area (Å²) in [6.07, 6.45) is 1.21. The number of hydrogen-bond acceptors (Lipinski definition) is 6. The van der Waals surface area contributed by atoms with Crippen LogP contribution in [-0.4, -0.2) is 32.3 Å². The third kappa shape index (κ3) is 3.77. The zero-order valence-corrected chi connectivity index (χ0v) is 19.3. The lowest BCUT2D eigenvalue weighted by Gasteiger charge is -2.38. The smallest absolute Gasteiger partial charge is 0.226 e. The van der Waals surface area contributed by atoms with E-state index in [-0.39, 0.29) is 16.9 Å². The molecule has 5 rings (SSSR count). The fraction of sp³-hybridized carbons (Fsp3) is 0.346. The first kappa shape index (κ1) is 21.2. The number of carbonyl (C=O) groups is 1. The third-order valence-corrected chi connectivity index (χ3v) is 6.21. The molecule has 7 heteroatoms. The number of ketones is 1. The number of aromatic nitrogens is 3. The first-order chi connectivity index (χ1) is 15.8. The summed E-state index contributed by atoms with van der Waals surface area (Å²) in [7, 11) is 0. The molecule has 2 N–H and O–H groups in total. The minimum absolute atomic E-state index is 0.0686. The van der Waals surface area contributed by atoms with E-state index in [2.05, 4.69) is 19.2 Å². The highest BCUT2D eigenvalue weighted by molar-refractivity contribution is 6.00. The number of allylic oxidation sites excluding steroid dienone is 2. The molecule has 0 amide bonds. The topological polar surface area (TPSA) is 89.3 Å². The Morgan fingerprint density at radius 2 is 2.03 bits per heavy atom. The van der Waals surface area contributed by atoms with Crippen LogP contribution in [-0.2, 0) is 4.79 Å². The number of phenolic OH excluding ortho intramolecular Hbond substituents is 1. The summed E-state index contributed by atoms with van der Waals surface area (Å²) in [4.78, 5) is 18.2. The molecular formula is C26H28N4O3.